The topological polar surface area (TPSA) is 159 Å². The largest absolute Gasteiger partial charge is 0.496 e. The number of nitrogens with two attached hydrogens (primary N) is 1. The summed E-state index contributed by atoms with van der Waals surface area (Å²) in [5.74, 6) is 3.45. The fraction of sp³-hybridized carbons (Fsp3) is 0.170. The van der Waals surface area contributed by atoms with Gasteiger partial charge in [-0.1, -0.05) is 54.5 Å². The molecule has 3 N–H and O–H groups in total. The van der Waals surface area contributed by atoms with E-state index < -0.39 is 11.5 Å². The summed E-state index contributed by atoms with van der Waals surface area (Å²) in [4.78, 5) is 29.3. The zero-order valence-corrected chi connectivity index (χ0v) is 34.6. The highest BCUT2D eigenvalue weighted by atomic mass is 35.5. The Kier molecular flexibility index (Phi) is 17.6. The fourth-order valence-corrected chi connectivity index (χ4v) is 5.94. The SMILES string of the molecule is C#Cc1cccc(-c2c(OC)ccc(Cc3ccc(NC(=O)OCC)nc3)c2F)c1.CCOC(=O)Cl.COc1ccc(Cc2ccc(N)nc2)c(F)c1-c1cccc(C#N)c1. The number of ether oxygens (including phenoxy) is 4. The predicted molar refractivity (Wildman–Crippen MR) is 231 cm³/mol. The smallest absolute Gasteiger partial charge is 0.412 e. The Labute approximate surface area is 358 Å². The number of halogens is 3. The quantitative estimate of drug-likeness (QED) is 0.0949. The summed E-state index contributed by atoms with van der Waals surface area (Å²) < 4.78 is 50.3. The third-order valence-electron chi connectivity index (χ3n) is 8.63. The van der Waals surface area contributed by atoms with E-state index in [4.69, 9.17) is 43.2 Å². The van der Waals surface area contributed by atoms with Crippen LogP contribution in [0.2, 0.25) is 0 Å². The molecule has 11 nitrogen and oxygen atoms in total. The highest BCUT2D eigenvalue weighted by Gasteiger charge is 2.18. The molecule has 0 aliphatic carbocycles. The van der Waals surface area contributed by atoms with Gasteiger partial charge in [-0.25, -0.2) is 28.3 Å². The molecule has 1 amide bonds. The molecular weight excluding hydrogens is 804 g/mol. The molecule has 4 aromatic carbocycles. The maximum atomic E-state index is 15.4. The van der Waals surface area contributed by atoms with Gasteiger partial charge in [0.05, 0.1) is 50.2 Å². The van der Waals surface area contributed by atoms with Crippen molar-refractivity contribution in [3.8, 4) is 52.2 Å². The summed E-state index contributed by atoms with van der Waals surface area (Å²) in [7, 11) is 3.00. The van der Waals surface area contributed by atoms with E-state index >= 15 is 8.78 Å². The molecule has 0 atom stereocenters. The Morgan fingerprint density at radius 1 is 0.754 bits per heavy atom. The molecule has 2 aromatic heterocycles. The summed E-state index contributed by atoms with van der Waals surface area (Å²) >= 11 is 4.72. The van der Waals surface area contributed by atoms with Crippen molar-refractivity contribution in [1.29, 1.82) is 5.26 Å². The van der Waals surface area contributed by atoms with Crippen LogP contribution in [0.5, 0.6) is 11.5 Å². The molecule has 0 unspecified atom stereocenters. The van der Waals surface area contributed by atoms with Crippen molar-refractivity contribution in [3.63, 3.8) is 0 Å². The van der Waals surface area contributed by atoms with Gasteiger partial charge >= 0.3 is 11.5 Å². The van der Waals surface area contributed by atoms with Crippen LogP contribution in [0.3, 0.4) is 0 Å². The first-order chi connectivity index (χ1) is 29.4. The summed E-state index contributed by atoms with van der Waals surface area (Å²) in [5.41, 5.74) is 10.6. The number of carbonyl (C=O) groups excluding carboxylic acids is 2. The van der Waals surface area contributed by atoms with Crippen LogP contribution < -0.4 is 20.5 Å². The molecule has 0 spiro atoms. The maximum Gasteiger partial charge on any atom is 0.412 e. The van der Waals surface area contributed by atoms with Crippen molar-refractivity contribution in [2.24, 2.45) is 0 Å². The first-order valence-corrected chi connectivity index (χ1v) is 19.0. The van der Waals surface area contributed by atoms with Crippen molar-refractivity contribution in [2.75, 3.05) is 38.5 Å². The molecule has 6 aromatic rings. The first-order valence-electron chi connectivity index (χ1n) is 18.6. The number of amides is 1. The second-order valence-electron chi connectivity index (χ2n) is 12.7. The average molecular weight is 846 g/mol. The lowest BCUT2D eigenvalue weighted by atomic mass is 9.96. The lowest BCUT2D eigenvalue weighted by Gasteiger charge is -2.14. The van der Waals surface area contributed by atoms with Crippen LogP contribution in [0.25, 0.3) is 22.3 Å². The third kappa shape index (κ3) is 13.3. The zero-order chi connectivity index (χ0) is 44.3. The minimum absolute atomic E-state index is 0.271. The van der Waals surface area contributed by atoms with Crippen LogP contribution in [0, 0.1) is 35.3 Å². The Morgan fingerprint density at radius 2 is 1.28 bits per heavy atom. The summed E-state index contributed by atoms with van der Waals surface area (Å²) in [6.45, 7) is 4.03. The number of methoxy groups -OCH3 is 2. The number of nitrogen functional groups attached to an aromatic ring is 1. The van der Waals surface area contributed by atoms with Gasteiger partial charge in [0.1, 0.15) is 34.8 Å². The number of carbonyl (C=O) groups is 2. The van der Waals surface area contributed by atoms with Gasteiger partial charge in [-0.2, -0.15) is 5.26 Å². The normalized spacial score (nSPS) is 9.98. The molecule has 0 aliphatic heterocycles. The van der Waals surface area contributed by atoms with Crippen molar-refractivity contribution in [3.05, 3.63) is 154 Å². The van der Waals surface area contributed by atoms with Gasteiger partial charge in [0.15, 0.2) is 0 Å². The van der Waals surface area contributed by atoms with Gasteiger partial charge in [-0.05, 0) is 95.8 Å². The minimum Gasteiger partial charge on any atom is -0.496 e. The molecule has 0 fully saturated rings. The van der Waals surface area contributed by atoms with E-state index in [0.717, 1.165) is 11.1 Å². The summed E-state index contributed by atoms with van der Waals surface area (Å²) in [6, 6.07) is 29.8. The molecule has 0 bridgehead atoms. The molecule has 2 heterocycles. The number of nitrogens with one attached hydrogen (secondary N) is 1. The molecule has 14 heteroatoms. The van der Waals surface area contributed by atoms with E-state index in [1.165, 1.54) is 14.2 Å². The first kappa shape index (κ1) is 46.2. The number of aromatic nitrogens is 2. The van der Waals surface area contributed by atoms with Crippen molar-refractivity contribution >= 4 is 34.8 Å². The Hall–Kier alpha value is -7.48. The van der Waals surface area contributed by atoms with E-state index in [1.807, 2.05) is 6.07 Å². The molecule has 312 valence electrons. The van der Waals surface area contributed by atoms with Crippen LogP contribution in [0.15, 0.2) is 109 Å². The fourth-order valence-electron chi connectivity index (χ4n) is 5.83. The Bertz CT molecular complexity index is 2520. The highest BCUT2D eigenvalue weighted by molar-refractivity contribution is 6.61. The Balaban J connectivity index is 0.000000240. The van der Waals surface area contributed by atoms with E-state index in [0.29, 0.717) is 87.1 Å². The number of hydrogen-bond donors (Lipinski definition) is 2. The number of nitriles is 1. The predicted octanol–water partition coefficient (Wildman–Crippen LogP) is 10.4. The number of nitrogens with zero attached hydrogens (tertiary/aromatic N) is 3. The van der Waals surface area contributed by atoms with Gasteiger partial charge in [-0.3, -0.25) is 5.32 Å². The highest BCUT2D eigenvalue weighted by Crippen LogP contribution is 2.37. The monoisotopic (exact) mass is 845 g/mol. The lowest BCUT2D eigenvalue weighted by Crippen LogP contribution is -2.14. The minimum atomic E-state index is -0.738. The van der Waals surface area contributed by atoms with Gasteiger partial charge in [0.2, 0.25) is 0 Å². The van der Waals surface area contributed by atoms with Crippen LogP contribution in [0.4, 0.5) is 30.0 Å². The molecule has 0 aliphatic rings. The maximum absolute atomic E-state index is 15.4. The zero-order valence-electron chi connectivity index (χ0n) is 33.8. The van der Waals surface area contributed by atoms with E-state index in [9.17, 15) is 9.59 Å². The molecule has 0 saturated heterocycles. The molecule has 61 heavy (non-hydrogen) atoms. The molecular formula is C47H42ClF2N5O6. The van der Waals surface area contributed by atoms with Crippen LogP contribution in [-0.2, 0) is 22.3 Å². The number of pyridine rings is 2. The van der Waals surface area contributed by atoms with Crippen molar-refractivity contribution in [2.45, 2.75) is 26.7 Å². The number of terminal acetylenes is 1. The van der Waals surface area contributed by atoms with Crippen LogP contribution >= 0.6 is 11.6 Å². The van der Waals surface area contributed by atoms with E-state index in [1.54, 1.807) is 117 Å². The summed E-state index contributed by atoms with van der Waals surface area (Å²) in [5, 5.41) is 11.6. The van der Waals surface area contributed by atoms with Gasteiger partial charge in [0, 0.05) is 42.4 Å². The second-order valence-corrected chi connectivity index (χ2v) is 13.0. The van der Waals surface area contributed by atoms with Gasteiger partial charge in [-0.15, -0.1) is 6.42 Å². The van der Waals surface area contributed by atoms with Crippen LogP contribution in [-0.4, -0.2) is 48.9 Å². The molecule has 0 saturated carbocycles. The number of anilines is 2. The van der Waals surface area contributed by atoms with Crippen molar-refractivity contribution in [1.82, 2.24) is 9.97 Å². The average Bonchev–Trinajstić information content (AvgIpc) is 3.26. The lowest BCUT2D eigenvalue weighted by molar-refractivity contribution is 0.167. The Morgan fingerprint density at radius 3 is 1.70 bits per heavy atom. The third-order valence-corrected chi connectivity index (χ3v) is 8.74. The summed E-state index contributed by atoms with van der Waals surface area (Å²) in [6.07, 6.45) is 8.84. The number of rotatable bonds is 11. The van der Waals surface area contributed by atoms with E-state index in [-0.39, 0.29) is 18.2 Å². The van der Waals surface area contributed by atoms with Crippen LogP contribution in [0.1, 0.15) is 47.2 Å². The van der Waals surface area contributed by atoms with Gasteiger partial charge < -0.3 is 24.7 Å². The number of benzene rings is 4. The van der Waals surface area contributed by atoms with Crippen molar-refractivity contribution < 1.29 is 37.3 Å². The number of hydrogen-bond acceptors (Lipinski definition) is 10. The standard InChI is InChI=1S/C24H21FN2O3.C20H16FN3O.C3H5ClO2/c1-4-16-7-6-8-18(13-16)22-20(29-3)11-10-19(23(22)25)14-17-9-12-21(26-15-17)27-24(28)30-5-2;1-25-17-7-6-16(10-14-5-8-18(23)24-12-14)20(21)19(17)15-4-2-3-13(9-15)11-22;1-2-6-3(4)5/h1,6-13,15H,5,14H2,2-3H3,(H,26,27,28);2-9,12H,10H2,1H3,(H2,23,24);2H2,1H3. The van der Waals surface area contributed by atoms with Gasteiger partial charge in [0.25, 0.3) is 0 Å². The second kappa shape index (κ2) is 23.2. The van der Waals surface area contributed by atoms with E-state index in [2.05, 4.69) is 32.0 Å². The molecule has 0 radical (unpaired) electrons. The molecule has 6 rings (SSSR count).